The van der Waals surface area contributed by atoms with Gasteiger partial charge in [-0.1, -0.05) is 6.07 Å². The largest absolute Gasteiger partial charge is 0.367 e. The molecule has 3 aromatic rings. The molecule has 0 bridgehead atoms. The molecule has 0 atom stereocenters. The van der Waals surface area contributed by atoms with Crippen LogP contribution in [-0.4, -0.2) is 9.55 Å². The lowest BCUT2D eigenvalue weighted by atomic mass is 10.1. The van der Waals surface area contributed by atoms with E-state index in [0.717, 1.165) is 16.6 Å². The van der Waals surface area contributed by atoms with Crippen molar-refractivity contribution in [2.75, 3.05) is 0 Å². The number of nitrogens with zero attached hydrogens (tertiary/aromatic N) is 1. The number of benzene rings is 1. The molecule has 0 aliphatic heterocycles. The minimum absolute atomic E-state index is 0.164. The topological polar surface area (TPSA) is 20.7 Å². The molecule has 0 spiro atoms. The van der Waals surface area contributed by atoms with E-state index in [1.165, 1.54) is 6.07 Å². The van der Waals surface area contributed by atoms with Crippen LogP contribution in [0.15, 0.2) is 42.9 Å². The van der Waals surface area contributed by atoms with Gasteiger partial charge in [0.2, 0.25) is 0 Å². The van der Waals surface area contributed by atoms with Gasteiger partial charge in [-0.25, -0.2) is 4.39 Å². The molecule has 18 heavy (non-hydrogen) atoms. The molecule has 0 saturated heterocycles. The zero-order valence-electron chi connectivity index (χ0n) is 10.4. The molecule has 0 unspecified atom stereocenters. The maximum atomic E-state index is 14.1. The van der Waals surface area contributed by atoms with Gasteiger partial charge in [0.1, 0.15) is 5.82 Å². The van der Waals surface area contributed by atoms with Gasteiger partial charge >= 0.3 is 0 Å². The van der Waals surface area contributed by atoms with Crippen LogP contribution in [0.5, 0.6) is 0 Å². The Morgan fingerprint density at radius 2 is 2.06 bits per heavy atom. The van der Waals surface area contributed by atoms with E-state index in [0.29, 0.717) is 11.4 Å². The summed E-state index contributed by atoms with van der Waals surface area (Å²) in [6.07, 6.45) is 5.78. The van der Waals surface area contributed by atoms with Gasteiger partial charge in [0.15, 0.2) is 0 Å². The van der Waals surface area contributed by atoms with E-state index in [4.69, 9.17) is 0 Å². The first-order valence-corrected chi connectivity index (χ1v) is 6.10. The summed E-state index contributed by atoms with van der Waals surface area (Å²) in [5.74, 6) is -0.164. The summed E-state index contributed by atoms with van der Waals surface area (Å²) in [6, 6.07) is 7.52. The molecule has 3 heteroatoms. The van der Waals surface area contributed by atoms with Crippen LogP contribution in [0.4, 0.5) is 4.39 Å². The van der Waals surface area contributed by atoms with Gasteiger partial charge in [-0.05, 0) is 32.0 Å². The lowest BCUT2D eigenvalue weighted by molar-refractivity contribution is 0.620. The number of hydrogen-bond donors (Lipinski definition) is 1. The van der Waals surface area contributed by atoms with Crippen LogP contribution in [-0.2, 0) is 0 Å². The molecule has 0 amide bonds. The number of nitrogens with one attached hydrogen (secondary N) is 1. The van der Waals surface area contributed by atoms with Crippen LogP contribution in [0.3, 0.4) is 0 Å². The minimum Gasteiger partial charge on any atom is -0.367 e. The first-order valence-electron chi connectivity index (χ1n) is 6.10. The van der Waals surface area contributed by atoms with Gasteiger partial charge in [-0.2, -0.15) is 0 Å². The lowest BCUT2D eigenvalue weighted by Crippen LogP contribution is -1.97. The van der Waals surface area contributed by atoms with E-state index in [1.54, 1.807) is 6.07 Å². The quantitative estimate of drug-likeness (QED) is 0.689. The standard InChI is InChI=1S/C15H15FN2/c1-10(2)18-9-12(11-6-7-17-8-11)15-13(16)4-3-5-14(15)18/h3-10,17H,1-2H3. The molecule has 0 saturated carbocycles. The van der Waals surface area contributed by atoms with E-state index < -0.39 is 0 Å². The number of aromatic amines is 1. The Balaban J connectivity index is 2.39. The Morgan fingerprint density at radius 3 is 2.72 bits per heavy atom. The first-order chi connectivity index (χ1) is 8.68. The maximum absolute atomic E-state index is 14.1. The lowest BCUT2D eigenvalue weighted by Gasteiger charge is -2.08. The van der Waals surface area contributed by atoms with E-state index >= 15 is 0 Å². The van der Waals surface area contributed by atoms with Gasteiger partial charge < -0.3 is 9.55 Å². The number of aromatic nitrogens is 2. The third-order valence-corrected chi connectivity index (χ3v) is 3.27. The fourth-order valence-corrected chi connectivity index (χ4v) is 2.41. The molecule has 2 heterocycles. The predicted molar refractivity (Wildman–Crippen MR) is 72.1 cm³/mol. The Hall–Kier alpha value is -2.03. The Kier molecular flexibility index (Phi) is 2.47. The summed E-state index contributed by atoms with van der Waals surface area (Å²) in [6.45, 7) is 4.20. The summed E-state index contributed by atoms with van der Waals surface area (Å²) >= 11 is 0. The van der Waals surface area contributed by atoms with Gasteiger partial charge in [-0.3, -0.25) is 0 Å². The van der Waals surface area contributed by atoms with Crippen LogP contribution in [0.1, 0.15) is 19.9 Å². The average molecular weight is 242 g/mol. The Labute approximate surface area is 105 Å². The molecule has 0 aliphatic carbocycles. The molecule has 92 valence electrons. The van der Waals surface area contributed by atoms with Crippen molar-refractivity contribution < 1.29 is 4.39 Å². The summed E-state index contributed by atoms with van der Waals surface area (Å²) < 4.78 is 16.2. The smallest absolute Gasteiger partial charge is 0.133 e. The number of H-pyrrole nitrogens is 1. The molecule has 0 aliphatic rings. The zero-order chi connectivity index (χ0) is 12.7. The molecule has 3 rings (SSSR count). The molecule has 0 radical (unpaired) electrons. The van der Waals surface area contributed by atoms with Crippen molar-refractivity contribution in [1.82, 2.24) is 9.55 Å². The molecular weight excluding hydrogens is 227 g/mol. The SMILES string of the molecule is CC(C)n1cc(-c2cc[nH]c2)c2c(F)cccc21. The first kappa shape index (κ1) is 11.1. The van der Waals surface area contributed by atoms with Crippen molar-refractivity contribution in [3.8, 4) is 11.1 Å². The predicted octanol–water partition coefficient (Wildman–Crippen LogP) is 4.36. The van der Waals surface area contributed by atoms with Crippen molar-refractivity contribution >= 4 is 10.9 Å². The normalized spacial score (nSPS) is 11.6. The highest BCUT2D eigenvalue weighted by molar-refractivity contribution is 5.96. The van der Waals surface area contributed by atoms with E-state index in [2.05, 4.69) is 23.4 Å². The van der Waals surface area contributed by atoms with Crippen LogP contribution in [0.2, 0.25) is 0 Å². The van der Waals surface area contributed by atoms with Crippen molar-refractivity contribution in [3.05, 3.63) is 48.7 Å². The minimum atomic E-state index is -0.164. The fraction of sp³-hybridized carbons (Fsp3) is 0.200. The molecule has 0 fully saturated rings. The van der Waals surface area contributed by atoms with Crippen molar-refractivity contribution in [2.45, 2.75) is 19.9 Å². The van der Waals surface area contributed by atoms with Gasteiger partial charge in [0.05, 0.1) is 5.52 Å². The molecule has 1 aromatic carbocycles. The van der Waals surface area contributed by atoms with Crippen LogP contribution in [0, 0.1) is 5.82 Å². The summed E-state index contributed by atoms with van der Waals surface area (Å²) in [5.41, 5.74) is 2.91. The van der Waals surface area contributed by atoms with Crippen molar-refractivity contribution in [1.29, 1.82) is 0 Å². The van der Waals surface area contributed by atoms with E-state index in [-0.39, 0.29) is 5.82 Å². The summed E-state index contributed by atoms with van der Waals surface area (Å²) in [4.78, 5) is 3.02. The summed E-state index contributed by atoms with van der Waals surface area (Å²) in [5, 5.41) is 0.700. The average Bonchev–Trinajstić information content (AvgIpc) is 2.95. The van der Waals surface area contributed by atoms with Crippen molar-refractivity contribution in [2.24, 2.45) is 0 Å². The highest BCUT2D eigenvalue weighted by Gasteiger charge is 2.15. The van der Waals surface area contributed by atoms with Crippen LogP contribution in [0.25, 0.3) is 22.0 Å². The Morgan fingerprint density at radius 1 is 1.22 bits per heavy atom. The van der Waals surface area contributed by atoms with E-state index in [9.17, 15) is 4.39 Å². The highest BCUT2D eigenvalue weighted by Crippen LogP contribution is 2.33. The number of fused-ring (bicyclic) bond motifs is 1. The monoisotopic (exact) mass is 242 g/mol. The molecule has 1 N–H and O–H groups in total. The van der Waals surface area contributed by atoms with Gasteiger partial charge in [-0.15, -0.1) is 0 Å². The van der Waals surface area contributed by atoms with Crippen molar-refractivity contribution in [3.63, 3.8) is 0 Å². The van der Waals surface area contributed by atoms with Gasteiger partial charge in [0, 0.05) is 41.1 Å². The highest BCUT2D eigenvalue weighted by atomic mass is 19.1. The maximum Gasteiger partial charge on any atom is 0.133 e. The second kappa shape index (κ2) is 4.02. The third-order valence-electron chi connectivity index (χ3n) is 3.27. The molecule has 2 nitrogen and oxygen atoms in total. The zero-order valence-corrected chi connectivity index (χ0v) is 10.4. The second-order valence-electron chi connectivity index (χ2n) is 4.78. The molecular formula is C15H15FN2. The van der Waals surface area contributed by atoms with Crippen LogP contribution < -0.4 is 0 Å². The second-order valence-corrected chi connectivity index (χ2v) is 4.78. The third kappa shape index (κ3) is 1.55. The number of hydrogen-bond acceptors (Lipinski definition) is 0. The molecule has 2 aromatic heterocycles. The number of halogens is 1. The van der Waals surface area contributed by atoms with Crippen LogP contribution >= 0.6 is 0 Å². The fourth-order valence-electron chi connectivity index (χ4n) is 2.41. The summed E-state index contributed by atoms with van der Waals surface area (Å²) in [7, 11) is 0. The van der Waals surface area contributed by atoms with E-state index in [1.807, 2.05) is 30.7 Å². The number of rotatable bonds is 2. The van der Waals surface area contributed by atoms with Gasteiger partial charge in [0.25, 0.3) is 0 Å². The Bertz CT molecular complexity index is 678.